The van der Waals surface area contributed by atoms with Crippen molar-refractivity contribution < 1.29 is 9.53 Å². The first-order chi connectivity index (χ1) is 6.31. The number of methoxy groups -OCH3 is 1. The van der Waals surface area contributed by atoms with E-state index >= 15 is 0 Å². The Labute approximate surface area is 79.7 Å². The van der Waals surface area contributed by atoms with Crippen molar-refractivity contribution in [1.29, 1.82) is 0 Å². The highest BCUT2D eigenvalue weighted by atomic mass is 16.5. The summed E-state index contributed by atoms with van der Waals surface area (Å²) in [4.78, 5) is 11.6. The van der Waals surface area contributed by atoms with Crippen LogP contribution in [0.4, 0.5) is 0 Å². The fourth-order valence-electron chi connectivity index (χ4n) is 2.57. The Balaban J connectivity index is 1.66. The number of rotatable bonds is 5. The number of hydrogen-bond donors (Lipinski definition) is 0. The Hall–Kier alpha value is -0.370. The molecule has 0 aromatic rings. The van der Waals surface area contributed by atoms with E-state index in [1.54, 1.807) is 7.11 Å². The van der Waals surface area contributed by atoms with Crippen molar-refractivity contribution in [3.8, 4) is 0 Å². The summed E-state index contributed by atoms with van der Waals surface area (Å²) in [5, 5.41) is 0. The largest absolute Gasteiger partial charge is 0.385 e. The van der Waals surface area contributed by atoms with Crippen LogP contribution >= 0.6 is 0 Å². The molecule has 2 aliphatic rings. The number of carbonyl (C=O) groups is 1. The molecular formula is C11H18O2. The van der Waals surface area contributed by atoms with Gasteiger partial charge in [0.25, 0.3) is 0 Å². The highest BCUT2D eigenvalue weighted by Crippen LogP contribution is 2.54. The van der Waals surface area contributed by atoms with Gasteiger partial charge >= 0.3 is 0 Å². The van der Waals surface area contributed by atoms with Crippen molar-refractivity contribution in [3.63, 3.8) is 0 Å². The van der Waals surface area contributed by atoms with Gasteiger partial charge in [0.1, 0.15) is 5.78 Å². The van der Waals surface area contributed by atoms with Crippen molar-refractivity contribution in [2.45, 2.75) is 32.1 Å². The molecule has 0 N–H and O–H groups in total. The molecule has 0 bridgehead atoms. The smallest absolute Gasteiger partial charge is 0.136 e. The standard InChI is InChI=1S/C11H18O2/c1-13-4-2-3-11(12)10-6-8-5-9(8)7-10/h8-10H,2-7H2,1H3. The predicted octanol–water partition coefficient (Wildman–Crippen LogP) is 2.03. The van der Waals surface area contributed by atoms with Crippen LogP contribution in [-0.4, -0.2) is 19.5 Å². The van der Waals surface area contributed by atoms with E-state index in [4.69, 9.17) is 4.74 Å². The van der Waals surface area contributed by atoms with E-state index in [-0.39, 0.29) is 0 Å². The van der Waals surface area contributed by atoms with Gasteiger partial charge in [0, 0.05) is 26.1 Å². The molecule has 0 aliphatic heterocycles. The zero-order valence-electron chi connectivity index (χ0n) is 8.29. The number of ether oxygens (including phenoxy) is 1. The second-order valence-corrected chi connectivity index (χ2v) is 4.49. The molecule has 2 heteroatoms. The second kappa shape index (κ2) is 3.79. The lowest BCUT2D eigenvalue weighted by molar-refractivity contribution is -0.123. The van der Waals surface area contributed by atoms with E-state index in [2.05, 4.69) is 0 Å². The lowest BCUT2D eigenvalue weighted by Crippen LogP contribution is -2.13. The quantitative estimate of drug-likeness (QED) is 0.608. The van der Waals surface area contributed by atoms with Crippen LogP contribution in [0.25, 0.3) is 0 Å². The second-order valence-electron chi connectivity index (χ2n) is 4.49. The van der Waals surface area contributed by atoms with Crippen molar-refractivity contribution in [2.24, 2.45) is 17.8 Å². The minimum Gasteiger partial charge on any atom is -0.385 e. The lowest BCUT2D eigenvalue weighted by atomic mass is 9.95. The van der Waals surface area contributed by atoms with Gasteiger partial charge in [-0.05, 0) is 37.5 Å². The van der Waals surface area contributed by atoms with Crippen LogP contribution in [-0.2, 0) is 9.53 Å². The molecule has 0 spiro atoms. The molecule has 13 heavy (non-hydrogen) atoms. The highest BCUT2D eigenvalue weighted by Gasteiger charge is 2.47. The van der Waals surface area contributed by atoms with E-state index in [1.807, 2.05) is 0 Å². The maximum absolute atomic E-state index is 11.6. The molecular weight excluding hydrogens is 164 g/mol. The fraction of sp³-hybridized carbons (Fsp3) is 0.909. The van der Waals surface area contributed by atoms with Crippen molar-refractivity contribution >= 4 is 5.78 Å². The Kier molecular flexibility index (Phi) is 2.68. The summed E-state index contributed by atoms with van der Waals surface area (Å²) in [6, 6.07) is 0. The van der Waals surface area contributed by atoms with Gasteiger partial charge in [-0.2, -0.15) is 0 Å². The van der Waals surface area contributed by atoms with Gasteiger partial charge in [-0.25, -0.2) is 0 Å². The van der Waals surface area contributed by atoms with E-state index in [0.717, 1.165) is 31.3 Å². The van der Waals surface area contributed by atoms with Crippen LogP contribution in [0.5, 0.6) is 0 Å². The monoisotopic (exact) mass is 182 g/mol. The number of carbonyl (C=O) groups excluding carboxylic acids is 1. The molecule has 2 unspecified atom stereocenters. The number of Topliss-reactive ketones (excluding diaryl/α,β-unsaturated/α-hetero) is 1. The van der Waals surface area contributed by atoms with Crippen molar-refractivity contribution in [2.75, 3.05) is 13.7 Å². The average Bonchev–Trinajstić information content (AvgIpc) is 2.74. The van der Waals surface area contributed by atoms with E-state index in [9.17, 15) is 4.79 Å². The topological polar surface area (TPSA) is 26.3 Å². The summed E-state index contributed by atoms with van der Waals surface area (Å²) in [5.41, 5.74) is 0. The zero-order chi connectivity index (χ0) is 9.26. The molecule has 0 saturated heterocycles. The minimum atomic E-state index is 0.417. The molecule has 0 heterocycles. The third-order valence-corrected chi connectivity index (χ3v) is 3.47. The van der Waals surface area contributed by atoms with Crippen molar-refractivity contribution in [3.05, 3.63) is 0 Å². The number of fused-ring (bicyclic) bond motifs is 1. The maximum atomic E-state index is 11.6. The molecule has 2 aliphatic carbocycles. The molecule has 0 amide bonds. The van der Waals surface area contributed by atoms with Crippen LogP contribution in [0.2, 0.25) is 0 Å². The van der Waals surface area contributed by atoms with Crippen molar-refractivity contribution in [1.82, 2.24) is 0 Å². The Morgan fingerprint density at radius 1 is 1.31 bits per heavy atom. The summed E-state index contributed by atoms with van der Waals surface area (Å²) in [7, 11) is 1.69. The summed E-state index contributed by atoms with van der Waals surface area (Å²) >= 11 is 0. The Bertz CT molecular complexity index is 190. The molecule has 2 saturated carbocycles. The van der Waals surface area contributed by atoms with E-state index < -0.39 is 0 Å². The SMILES string of the molecule is COCCCC(=O)C1CC2CC2C1. The van der Waals surface area contributed by atoms with E-state index in [1.165, 1.54) is 19.3 Å². The van der Waals surface area contributed by atoms with Gasteiger partial charge in [-0.3, -0.25) is 4.79 Å². The van der Waals surface area contributed by atoms with Gasteiger partial charge in [0.05, 0.1) is 0 Å². The third kappa shape index (κ3) is 2.11. The maximum Gasteiger partial charge on any atom is 0.136 e. The molecule has 2 atom stereocenters. The summed E-state index contributed by atoms with van der Waals surface area (Å²) in [6.45, 7) is 0.727. The molecule has 0 radical (unpaired) electrons. The van der Waals surface area contributed by atoms with Gasteiger partial charge in [0.2, 0.25) is 0 Å². The minimum absolute atomic E-state index is 0.417. The van der Waals surface area contributed by atoms with Gasteiger partial charge in [-0.15, -0.1) is 0 Å². The van der Waals surface area contributed by atoms with Gasteiger partial charge in [-0.1, -0.05) is 0 Å². The van der Waals surface area contributed by atoms with Crippen LogP contribution in [0.3, 0.4) is 0 Å². The first-order valence-corrected chi connectivity index (χ1v) is 5.33. The summed E-state index contributed by atoms with van der Waals surface area (Å²) in [5.74, 6) is 2.76. The van der Waals surface area contributed by atoms with Crippen LogP contribution in [0.1, 0.15) is 32.1 Å². The first-order valence-electron chi connectivity index (χ1n) is 5.33. The molecule has 2 nitrogen and oxygen atoms in total. The number of ketones is 1. The molecule has 0 aromatic carbocycles. The van der Waals surface area contributed by atoms with Gasteiger partial charge < -0.3 is 4.74 Å². The van der Waals surface area contributed by atoms with Gasteiger partial charge in [0.15, 0.2) is 0 Å². The third-order valence-electron chi connectivity index (χ3n) is 3.47. The number of hydrogen-bond acceptors (Lipinski definition) is 2. The first kappa shape index (κ1) is 9.20. The van der Waals surface area contributed by atoms with Crippen LogP contribution in [0.15, 0.2) is 0 Å². The zero-order valence-corrected chi connectivity index (χ0v) is 8.29. The molecule has 74 valence electrons. The normalized spacial score (nSPS) is 35.9. The Morgan fingerprint density at radius 3 is 2.62 bits per heavy atom. The summed E-state index contributed by atoms with van der Waals surface area (Å²) in [6.07, 6.45) is 5.42. The molecule has 2 rings (SSSR count). The fourth-order valence-corrected chi connectivity index (χ4v) is 2.57. The lowest BCUT2D eigenvalue weighted by Gasteiger charge is -2.09. The highest BCUT2D eigenvalue weighted by molar-refractivity contribution is 5.81. The molecule has 2 fully saturated rings. The van der Waals surface area contributed by atoms with Crippen LogP contribution in [0, 0.1) is 17.8 Å². The van der Waals surface area contributed by atoms with Crippen LogP contribution < -0.4 is 0 Å². The predicted molar refractivity (Wildman–Crippen MR) is 50.4 cm³/mol. The van der Waals surface area contributed by atoms with E-state index in [0.29, 0.717) is 11.7 Å². The average molecular weight is 182 g/mol. The molecule has 0 aromatic heterocycles. The summed E-state index contributed by atoms with van der Waals surface area (Å²) < 4.78 is 4.93. The Morgan fingerprint density at radius 2 is 2.00 bits per heavy atom.